The molecule has 0 radical (unpaired) electrons. The summed E-state index contributed by atoms with van der Waals surface area (Å²) in [7, 11) is 0. The highest BCUT2D eigenvalue weighted by atomic mass is 15.2. The van der Waals surface area contributed by atoms with Crippen LogP contribution < -0.4 is 9.80 Å². The lowest BCUT2D eigenvalue weighted by Crippen LogP contribution is -2.31. The van der Waals surface area contributed by atoms with Gasteiger partial charge in [0.1, 0.15) is 0 Å². The first-order valence-electron chi connectivity index (χ1n) is 20.5. The second-order valence-electron chi connectivity index (χ2n) is 17.3. The summed E-state index contributed by atoms with van der Waals surface area (Å²) >= 11 is 0. The molecule has 0 saturated heterocycles. The van der Waals surface area contributed by atoms with Crippen LogP contribution in [0.5, 0.6) is 0 Å². The van der Waals surface area contributed by atoms with Crippen molar-refractivity contribution in [3.05, 3.63) is 204 Å². The summed E-state index contributed by atoms with van der Waals surface area (Å²) in [4.78, 5) is 5.03. The summed E-state index contributed by atoms with van der Waals surface area (Å²) in [5.41, 5.74) is 15.1. The second kappa shape index (κ2) is 11.8. The standard InChI is InChI=1S/C56H42N2/c1-55(2)44-21-11-10-20-40(44)43-33-52-47(34-46(43)55)56(3,4)45-22-12-13-23-51(45)58(52)50-32-28-37-25-29-41-49(31-27-36-26-30-42(50)54(37)53(36)41)57(38-17-6-5-7-18-38)48-24-14-16-35-15-8-9-19-39(35)48/h5-34H,1-4H3. The van der Waals surface area contributed by atoms with E-state index >= 15 is 0 Å². The third-order valence-electron chi connectivity index (χ3n) is 13.6. The van der Waals surface area contributed by atoms with Crippen molar-refractivity contribution in [1.82, 2.24) is 0 Å². The molecule has 0 spiro atoms. The molecular weight excluding hydrogens is 701 g/mol. The molecule has 2 aliphatic rings. The van der Waals surface area contributed by atoms with E-state index in [0.29, 0.717) is 0 Å². The summed E-state index contributed by atoms with van der Waals surface area (Å²) in [6.07, 6.45) is 0. The van der Waals surface area contributed by atoms with Gasteiger partial charge in [0.25, 0.3) is 0 Å². The highest BCUT2D eigenvalue weighted by molar-refractivity contribution is 6.28. The lowest BCUT2D eigenvalue weighted by molar-refractivity contribution is 0.620. The predicted octanol–water partition coefficient (Wildman–Crippen LogP) is 15.6. The Hall–Kier alpha value is -6.90. The summed E-state index contributed by atoms with van der Waals surface area (Å²) in [5, 5.41) is 10.0. The molecule has 58 heavy (non-hydrogen) atoms. The van der Waals surface area contributed by atoms with Gasteiger partial charge in [0.05, 0.1) is 28.4 Å². The maximum atomic E-state index is 2.57. The Kier molecular flexibility index (Phi) is 6.78. The molecule has 0 unspecified atom stereocenters. The van der Waals surface area contributed by atoms with Crippen molar-refractivity contribution in [3.8, 4) is 11.1 Å². The Balaban J connectivity index is 1.13. The van der Waals surface area contributed by atoms with Crippen molar-refractivity contribution in [1.29, 1.82) is 0 Å². The molecule has 276 valence electrons. The van der Waals surface area contributed by atoms with E-state index in [-0.39, 0.29) is 10.8 Å². The minimum absolute atomic E-state index is 0.0802. The second-order valence-corrected chi connectivity index (χ2v) is 17.3. The molecule has 2 heteroatoms. The number of benzene rings is 10. The number of anilines is 6. The topological polar surface area (TPSA) is 6.48 Å². The van der Waals surface area contributed by atoms with Crippen LogP contribution in [-0.4, -0.2) is 0 Å². The van der Waals surface area contributed by atoms with E-state index in [2.05, 4.69) is 219 Å². The van der Waals surface area contributed by atoms with Crippen molar-refractivity contribution in [2.45, 2.75) is 38.5 Å². The number of nitrogens with zero attached hydrogens (tertiary/aromatic N) is 2. The highest BCUT2D eigenvalue weighted by Gasteiger charge is 2.42. The maximum Gasteiger partial charge on any atom is 0.0540 e. The van der Waals surface area contributed by atoms with Crippen molar-refractivity contribution >= 4 is 77.2 Å². The lowest BCUT2D eigenvalue weighted by Gasteiger charge is -2.43. The summed E-state index contributed by atoms with van der Waals surface area (Å²) in [6.45, 7) is 9.59. The molecule has 10 aromatic carbocycles. The first-order valence-corrected chi connectivity index (χ1v) is 20.5. The Bertz CT molecular complexity index is 3290. The van der Waals surface area contributed by atoms with Gasteiger partial charge in [-0.2, -0.15) is 0 Å². The van der Waals surface area contributed by atoms with E-state index in [1.54, 1.807) is 0 Å². The molecule has 0 fully saturated rings. The Morgan fingerprint density at radius 1 is 0.362 bits per heavy atom. The smallest absolute Gasteiger partial charge is 0.0540 e. The Morgan fingerprint density at radius 2 is 0.983 bits per heavy atom. The van der Waals surface area contributed by atoms with E-state index in [1.165, 1.54) is 105 Å². The van der Waals surface area contributed by atoms with E-state index < -0.39 is 0 Å². The molecule has 1 heterocycles. The molecule has 12 rings (SSSR count). The van der Waals surface area contributed by atoms with E-state index in [4.69, 9.17) is 0 Å². The minimum Gasteiger partial charge on any atom is -0.309 e. The Labute approximate surface area is 339 Å². The van der Waals surface area contributed by atoms with Crippen molar-refractivity contribution in [2.24, 2.45) is 0 Å². The first-order chi connectivity index (χ1) is 28.3. The molecule has 0 amide bonds. The summed E-state index contributed by atoms with van der Waals surface area (Å²) < 4.78 is 0. The van der Waals surface area contributed by atoms with Gasteiger partial charge in [-0.1, -0.05) is 167 Å². The molecule has 1 aliphatic heterocycles. The minimum atomic E-state index is -0.191. The molecule has 0 saturated carbocycles. The van der Waals surface area contributed by atoms with E-state index in [9.17, 15) is 0 Å². The van der Waals surface area contributed by atoms with Crippen LogP contribution in [0.4, 0.5) is 34.1 Å². The Morgan fingerprint density at radius 3 is 1.83 bits per heavy atom. The zero-order valence-corrected chi connectivity index (χ0v) is 33.2. The average molecular weight is 743 g/mol. The van der Waals surface area contributed by atoms with Gasteiger partial charge < -0.3 is 9.80 Å². The largest absolute Gasteiger partial charge is 0.309 e. The number of hydrogen-bond donors (Lipinski definition) is 0. The van der Waals surface area contributed by atoms with Gasteiger partial charge in [0.15, 0.2) is 0 Å². The average Bonchev–Trinajstić information content (AvgIpc) is 3.48. The van der Waals surface area contributed by atoms with Gasteiger partial charge in [-0.3, -0.25) is 0 Å². The van der Waals surface area contributed by atoms with Crippen LogP contribution in [0.25, 0.3) is 54.2 Å². The van der Waals surface area contributed by atoms with Crippen LogP contribution in [0.2, 0.25) is 0 Å². The number of rotatable bonds is 4. The lowest BCUT2D eigenvalue weighted by atomic mass is 9.71. The van der Waals surface area contributed by atoms with E-state index in [1.807, 2.05) is 0 Å². The third-order valence-corrected chi connectivity index (χ3v) is 13.6. The van der Waals surface area contributed by atoms with Gasteiger partial charge in [0, 0.05) is 32.7 Å². The van der Waals surface area contributed by atoms with Gasteiger partial charge >= 0.3 is 0 Å². The van der Waals surface area contributed by atoms with Crippen LogP contribution in [0.1, 0.15) is 49.9 Å². The summed E-state index contributed by atoms with van der Waals surface area (Å²) in [5.74, 6) is 0. The van der Waals surface area contributed by atoms with Crippen molar-refractivity contribution < 1.29 is 0 Å². The quantitative estimate of drug-likeness (QED) is 0.166. The maximum absolute atomic E-state index is 2.57. The number of para-hydroxylation sites is 2. The van der Waals surface area contributed by atoms with Gasteiger partial charge in [-0.25, -0.2) is 0 Å². The first kappa shape index (κ1) is 33.3. The zero-order chi connectivity index (χ0) is 38.9. The number of fused-ring (bicyclic) bond motifs is 6. The zero-order valence-electron chi connectivity index (χ0n) is 33.2. The van der Waals surface area contributed by atoms with Crippen LogP contribution in [0.3, 0.4) is 0 Å². The molecule has 0 bridgehead atoms. The van der Waals surface area contributed by atoms with Crippen LogP contribution in [-0.2, 0) is 10.8 Å². The molecule has 0 N–H and O–H groups in total. The normalized spacial score (nSPS) is 14.8. The van der Waals surface area contributed by atoms with Gasteiger partial charge in [-0.15, -0.1) is 0 Å². The molecule has 10 aromatic rings. The highest BCUT2D eigenvalue weighted by Crippen LogP contribution is 2.58. The van der Waals surface area contributed by atoms with Crippen LogP contribution >= 0.6 is 0 Å². The van der Waals surface area contributed by atoms with Crippen molar-refractivity contribution in [2.75, 3.05) is 9.80 Å². The summed E-state index contributed by atoms with van der Waals surface area (Å²) in [6, 6.07) is 68.0. The van der Waals surface area contributed by atoms with Gasteiger partial charge in [0.2, 0.25) is 0 Å². The van der Waals surface area contributed by atoms with Crippen LogP contribution in [0, 0.1) is 0 Å². The fraction of sp³-hybridized carbons (Fsp3) is 0.107. The van der Waals surface area contributed by atoms with Crippen molar-refractivity contribution in [3.63, 3.8) is 0 Å². The van der Waals surface area contributed by atoms with E-state index in [0.717, 1.165) is 5.69 Å². The molecular formula is C56H42N2. The molecule has 2 nitrogen and oxygen atoms in total. The fourth-order valence-electron chi connectivity index (χ4n) is 10.7. The third kappa shape index (κ3) is 4.43. The number of hydrogen-bond acceptors (Lipinski definition) is 2. The van der Waals surface area contributed by atoms with Gasteiger partial charge in [-0.05, 0) is 103 Å². The molecule has 1 aliphatic carbocycles. The van der Waals surface area contributed by atoms with Crippen LogP contribution in [0.15, 0.2) is 182 Å². The predicted molar refractivity (Wildman–Crippen MR) is 247 cm³/mol. The molecule has 0 aromatic heterocycles. The SMILES string of the molecule is CC1(C)c2ccccc2-c2cc3c(cc21)C(C)(C)c1ccccc1N3c1ccc2ccc3c(N(c4ccccc4)c4cccc5ccccc45)ccc4ccc1c2c43. The molecule has 0 atom stereocenters. The monoisotopic (exact) mass is 742 g/mol. The fourth-order valence-corrected chi connectivity index (χ4v) is 10.7.